The molecule has 0 spiro atoms. The van der Waals surface area contributed by atoms with Crippen molar-refractivity contribution in [1.29, 1.82) is 0 Å². The summed E-state index contributed by atoms with van der Waals surface area (Å²) >= 11 is 0. The van der Waals surface area contributed by atoms with E-state index in [-0.39, 0.29) is 24.7 Å². The smallest absolute Gasteiger partial charge is 0.332 e. The Morgan fingerprint density at radius 2 is 2.05 bits per heavy atom. The van der Waals surface area contributed by atoms with E-state index in [2.05, 4.69) is 5.32 Å². The number of rotatable bonds is 8. The molecule has 0 atom stereocenters. The zero-order chi connectivity index (χ0) is 15.1. The van der Waals surface area contributed by atoms with E-state index >= 15 is 0 Å². The van der Waals surface area contributed by atoms with Crippen molar-refractivity contribution in [3.8, 4) is 0 Å². The molecule has 0 aromatic carbocycles. The van der Waals surface area contributed by atoms with Crippen molar-refractivity contribution in [3.63, 3.8) is 0 Å². The Bertz CT molecular complexity index is 550. The van der Waals surface area contributed by atoms with Crippen molar-refractivity contribution in [3.05, 3.63) is 20.8 Å². The van der Waals surface area contributed by atoms with Gasteiger partial charge in [-0.25, -0.2) is 4.79 Å². The first-order chi connectivity index (χ1) is 9.54. The molecule has 0 bridgehead atoms. The summed E-state index contributed by atoms with van der Waals surface area (Å²) < 4.78 is 7.49. The quantitative estimate of drug-likeness (QED) is 0.526. The van der Waals surface area contributed by atoms with Gasteiger partial charge in [0, 0.05) is 20.1 Å². The van der Waals surface area contributed by atoms with Crippen LogP contribution in [0.25, 0.3) is 0 Å². The van der Waals surface area contributed by atoms with Gasteiger partial charge in [-0.15, -0.1) is 0 Å². The van der Waals surface area contributed by atoms with Gasteiger partial charge < -0.3 is 20.9 Å². The van der Waals surface area contributed by atoms with Crippen LogP contribution in [0.4, 0.5) is 11.5 Å². The van der Waals surface area contributed by atoms with Gasteiger partial charge in [-0.05, 0) is 6.42 Å². The standard InChI is InChI=1S/C12H22N4O4/c1-3-5-16-10(13)9(11(18)15(2)12(16)19)14-4-7-20-8-6-17/h14,17H,3-8,13H2,1-2H3. The third-order valence-corrected chi connectivity index (χ3v) is 2.81. The fourth-order valence-electron chi connectivity index (χ4n) is 1.80. The molecule has 4 N–H and O–H groups in total. The minimum Gasteiger partial charge on any atom is -0.394 e. The summed E-state index contributed by atoms with van der Waals surface area (Å²) in [6.07, 6.45) is 0.737. The van der Waals surface area contributed by atoms with Crippen LogP contribution in [0.2, 0.25) is 0 Å². The van der Waals surface area contributed by atoms with Gasteiger partial charge in [-0.1, -0.05) is 6.92 Å². The number of hydrogen-bond acceptors (Lipinski definition) is 6. The van der Waals surface area contributed by atoms with Crippen LogP contribution in [0.15, 0.2) is 9.59 Å². The maximum absolute atomic E-state index is 12.0. The van der Waals surface area contributed by atoms with Gasteiger partial charge in [-0.3, -0.25) is 13.9 Å². The maximum Gasteiger partial charge on any atom is 0.332 e. The molecule has 0 saturated heterocycles. The second kappa shape index (κ2) is 7.71. The Hall–Kier alpha value is -1.80. The van der Waals surface area contributed by atoms with Crippen LogP contribution in [0, 0.1) is 0 Å². The molecular formula is C12H22N4O4. The van der Waals surface area contributed by atoms with Crippen molar-refractivity contribution >= 4 is 11.5 Å². The van der Waals surface area contributed by atoms with Crippen LogP contribution in [-0.2, 0) is 18.3 Å². The van der Waals surface area contributed by atoms with Crippen LogP contribution < -0.4 is 22.3 Å². The summed E-state index contributed by atoms with van der Waals surface area (Å²) in [5.41, 5.74) is 5.21. The molecule has 8 nitrogen and oxygen atoms in total. The minimum absolute atomic E-state index is 0.0503. The fraction of sp³-hybridized carbons (Fsp3) is 0.667. The van der Waals surface area contributed by atoms with Crippen LogP contribution in [0.1, 0.15) is 13.3 Å². The van der Waals surface area contributed by atoms with E-state index in [9.17, 15) is 9.59 Å². The van der Waals surface area contributed by atoms with Gasteiger partial charge in [0.2, 0.25) is 0 Å². The third-order valence-electron chi connectivity index (χ3n) is 2.81. The van der Waals surface area contributed by atoms with Crippen LogP contribution in [0.3, 0.4) is 0 Å². The number of anilines is 2. The highest BCUT2D eigenvalue weighted by atomic mass is 16.5. The summed E-state index contributed by atoms with van der Waals surface area (Å²) in [5, 5.41) is 11.5. The number of nitrogens with two attached hydrogens (primary N) is 1. The molecular weight excluding hydrogens is 264 g/mol. The lowest BCUT2D eigenvalue weighted by Crippen LogP contribution is -2.41. The molecule has 0 aliphatic carbocycles. The number of ether oxygens (including phenoxy) is 1. The molecule has 114 valence electrons. The molecule has 1 aromatic rings. The third kappa shape index (κ3) is 3.61. The number of aliphatic hydroxyl groups is 1. The summed E-state index contributed by atoms with van der Waals surface area (Å²) in [5.74, 6) is 0.141. The summed E-state index contributed by atoms with van der Waals surface area (Å²) in [7, 11) is 1.42. The van der Waals surface area contributed by atoms with E-state index in [0.717, 1.165) is 11.0 Å². The van der Waals surface area contributed by atoms with E-state index < -0.39 is 11.2 Å². The molecule has 8 heteroatoms. The molecule has 1 rings (SSSR count). The van der Waals surface area contributed by atoms with E-state index in [4.69, 9.17) is 15.6 Å². The molecule has 0 amide bonds. The first-order valence-corrected chi connectivity index (χ1v) is 6.56. The average Bonchev–Trinajstić information content (AvgIpc) is 2.44. The molecule has 0 fully saturated rings. The molecule has 0 aliphatic rings. The number of nitrogens with zero attached hydrogens (tertiary/aromatic N) is 2. The van der Waals surface area contributed by atoms with Gasteiger partial charge in [0.05, 0.1) is 19.8 Å². The average molecular weight is 286 g/mol. The summed E-state index contributed by atoms with van der Waals surface area (Å²) in [6, 6.07) is 0. The molecule has 0 radical (unpaired) electrons. The summed E-state index contributed by atoms with van der Waals surface area (Å²) in [6.45, 7) is 3.26. The largest absolute Gasteiger partial charge is 0.394 e. The SMILES string of the molecule is CCCn1c(N)c(NCCOCCO)c(=O)n(C)c1=O. The predicted molar refractivity (Wildman–Crippen MR) is 77.0 cm³/mol. The van der Waals surface area contributed by atoms with E-state index in [0.29, 0.717) is 19.7 Å². The Kier molecular flexibility index (Phi) is 6.26. The number of hydrogen-bond donors (Lipinski definition) is 3. The lowest BCUT2D eigenvalue weighted by molar-refractivity contribution is 0.0992. The van der Waals surface area contributed by atoms with E-state index in [1.807, 2.05) is 6.92 Å². The lowest BCUT2D eigenvalue weighted by Gasteiger charge is -2.15. The first-order valence-electron chi connectivity index (χ1n) is 6.56. The van der Waals surface area contributed by atoms with E-state index in [1.165, 1.54) is 11.6 Å². The van der Waals surface area contributed by atoms with Gasteiger partial charge in [-0.2, -0.15) is 0 Å². The van der Waals surface area contributed by atoms with Crippen LogP contribution in [-0.4, -0.2) is 40.6 Å². The van der Waals surface area contributed by atoms with Gasteiger partial charge in [0.1, 0.15) is 11.5 Å². The van der Waals surface area contributed by atoms with Crippen molar-refractivity contribution in [2.45, 2.75) is 19.9 Å². The monoisotopic (exact) mass is 286 g/mol. The van der Waals surface area contributed by atoms with Gasteiger partial charge in [0.25, 0.3) is 5.56 Å². The molecule has 0 aliphatic heterocycles. The van der Waals surface area contributed by atoms with Crippen molar-refractivity contribution in [2.75, 3.05) is 37.4 Å². The molecule has 0 saturated carbocycles. The first kappa shape index (κ1) is 16.3. The lowest BCUT2D eigenvalue weighted by atomic mass is 10.4. The second-order valence-corrected chi connectivity index (χ2v) is 4.32. The molecule has 1 heterocycles. The number of nitrogens with one attached hydrogen (secondary N) is 1. The number of aliphatic hydroxyl groups excluding tert-OH is 1. The highest BCUT2D eigenvalue weighted by molar-refractivity contribution is 5.60. The second-order valence-electron chi connectivity index (χ2n) is 4.32. The molecule has 1 aromatic heterocycles. The normalized spacial score (nSPS) is 10.8. The van der Waals surface area contributed by atoms with Crippen molar-refractivity contribution in [1.82, 2.24) is 9.13 Å². The maximum atomic E-state index is 12.0. The number of nitrogen functional groups attached to an aromatic ring is 1. The van der Waals surface area contributed by atoms with Crippen molar-refractivity contribution in [2.24, 2.45) is 7.05 Å². The Balaban J connectivity index is 2.95. The summed E-state index contributed by atoms with van der Waals surface area (Å²) in [4.78, 5) is 23.9. The fourth-order valence-corrected chi connectivity index (χ4v) is 1.80. The van der Waals surface area contributed by atoms with E-state index in [1.54, 1.807) is 0 Å². The molecule has 20 heavy (non-hydrogen) atoms. The Morgan fingerprint density at radius 3 is 2.65 bits per heavy atom. The van der Waals surface area contributed by atoms with Gasteiger partial charge in [0.15, 0.2) is 0 Å². The predicted octanol–water partition coefficient (Wildman–Crippen LogP) is -1.04. The highest BCUT2D eigenvalue weighted by Gasteiger charge is 2.14. The molecule has 0 unspecified atom stereocenters. The zero-order valence-electron chi connectivity index (χ0n) is 11.9. The Morgan fingerprint density at radius 1 is 1.35 bits per heavy atom. The Labute approximate surface area is 116 Å². The zero-order valence-corrected chi connectivity index (χ0v) is 11.9. The topological polar surface area (TPSA) is 112 Å². The highest BCUT2D eigenvalue weighted by Crippen LogP contribution is 2.10. The van der Waals surface area contributed by atoms with Crippen LogP contribution >= 0.6 is 0 Å². The van der Waals surface area contributed by atoms with Gasteiger partial charge >= 0.3 is 5.69 Å². The van der Waals surface area contributed by atoms with Crippen molar-refractivity contribution < 1.29 is 9.84 Å². The van der Waals surface area contributed by atoms with Crippen LogP contribution in [0.5, 0.6) is 0 Å². The minimum atomic E-state index is -0.456. The number of aromatic nitrogens is 2.